The zero-order valence-corrected chi connectivity index (χ0v) is 15.0. The van der Waals surface area contributed by atoms with Crippen LogP contribution in [-0.4, -0.2) is 54.4 Å². The standard InChI is InChI=1S/C20H28N2O2/c1-15(2)10-11-21-14-19-20(23)9-6-17(21)13-22(19)12-16-4-7-18(24-3)8-5-16/h4-5,7-8,10,17,19H,6,9,11-14H2,1-3H3/t17-,19+/m1/s1. The summed E-state index contributed by atoms with van der Waals surface area (Å²) in [6.07, 6.45) is 3.99. The van der Waals surface area contributed by atoms with Crippen molar-refractivity contribution in [1.29, 1.82) is 0 Å². The third-order valence-electron chi connectivity index (χ3n) is 5.18. The summed E-state index contributed by atoms with van der Waals surface area (Å²) in [7, 11) is 1.68. The Morgan fingerprint density at radius 2 is 1.96 bits per heavy atom. The summed E-state index contributed by atoms with van der Waals surface area (Å²) in [6.45, 7) is 7.93. The minimum atomic E-state index is 0.0383. The Balaban J connectivity index is 1.71. The molecule has 130 valence electrons. The number of ether oxygens (including phenoxy) is 1. The number of benzene rings is 1. The van der Waals surface area contributed by atoms with Gasteiger partial charge in [0.2, 0.25) is 0 Å². The SMILES string of the molecule is COc1ccc(CN2C[C@H]3CCC(=O)[C@@H]2CN3CC=C(C)C)cc1. The summed E-state index contributed by atoms with van der Waals surface area (Å²) in [6, 6.07) is 8.71. The largest absolute Gasteiger partial charge is 0.497 e. The Morgan fingerprint density at radius 1 is 1.21 bits per heavy atom. The molecule has 1 aromatic carbocycles. The molecular weight excluding hydrogens is 300 g/mol. The number of nitrogens with zero attached hydrogens (tertiary/aromatic N) is 2. The molecule has 0 spiro atoms. The van der Waals surface area contributed by atoms with Gasteiger partial charge in [0, 0.05) is 38.6 Å². The minimum absolute atomic E-state index is 0.0383. The predicted octanol–water partition coefficient (Wildman–Crippen LogP) is 2.88. The number of piperazine rings is 1. The van der Waals surface area contributed by atoms with Gasteiger partial charge in [-0.05, 0) is 38.0 Å². The van der Waals surface area contributed by atoms with Crippen LogP contribution in [0, 0.1) is 0 Å². The highest BCUT2D eigenvalue weighted by molar-refractivity contribution is 5.85. The number of rotatable bonds is 5. The van der Waals surface area contributed by atoms with Crippen LogP contribution in [-0.2, 0) is 11.3 Å². The van der Waals surface area contributed by atoms with E-state index in [-0.39, 0.29) is 6.04 Å². The lowest BCUT2D eigenvalue weighted by Gasteiger charge is -2.43. The highest BCUT2D eigenvalue weighted by atomic mass is 16.5. The number of ketones is 1. The van der Waals surface area contributed by atoms with Gasteiger partial charge in [-0.3, -0.25) is 14.6 Å². The van der Waals surface area contributed by atoms with Crippen molar-refractivity contribution < 1.29 is 9.53 Å². The normalized spacial score (nSPS) is 24.7. The average molecular weight is 328 g/mol. The van der Waals surface area contributed by atoms with Gasteiger partial charge in [-0.2, -0.15) is 0 Å². The van der Waals surface area contributed by atoms with Gasteiger partial charge in [0.25, 0.3) is 0 Å². The van der Waals surface area contributed by atoms with E-state index in [0.29, 0.717) is 11.8 Å². The summed E-state index contributed by atoms with van der Waals surface area (Å²) in [5.74, 6) is 1.28. The van der Waals surface area contributed by atoms with Crippen LogP contribution in [0.5, 0.6) is 5.75 Å². The Labute approximate surface area is 145 Å². The number of hydrogen-bond acceptors (Lipinski definition) is 4. The number of fused-ring (bicyclic) bond motifs is 4. The first kappa shape index (κ1) is 17.2. The van der Waals surface area contributed by atoms with Crippen LogP contribution in [0.2, 0.25) is 0 Å². The van der Waals surface area contributed by atoms with E-state index >= 15 is 0 Å². The number of allylic oxidation sites excluding steroid dienone is 1. The molecule has 0 radical (unpaired) electrons. The molecule has 4 nitrogen and oxygen atoms in total. The van der Waals surface area contributed by atoms with Crippen molar-refractivity contribution in [3.05, 3.63) is 41.5 Å². The number of carbonyl (C=O) groups excluding carboxylic acids is 1. The highest BCUT2D eigenvalue weighted by Gasteiger charge is 2.40. The molecule has 0 amide bonds. The zero-order chi connectivity index (χ0) is 17.1. The van der Waals surface area contributed by atoms with Gasteiger partial charge in [-0.1, -0.05) is 23.8 Å². The summed E-state index contributed by atoms with van der Waals surface area (Å²) in [4.78, 5) is 17.4. The number of Topliss-reactive ketones (excluding diaryl/α,β-unsaturated/α-hetero) is 1. The van der Waals surface area contributed by atoms with Crippen LogP contribution >= 0.6 is 0 Å². The van der Waals surface area contributed by atoms with E-state index < -0.39 is 0 Å². The molecule has 0 aromatic heterocycles. The van der Waals surface area contributed by atoms with E-state index in [1.54, 1.807) is 7.11 Å². The molecule has 3 aliphatic rings. The quantitative estimate of drug-likeness (QED) is 0.778. The Kier molecular flexibility index (Phi) is 5.36. The molecule has 1 aromatic rings. The molecule has 24 heavy (non-hydrogen) atoms. The minimum Gasteiger partial charge on any atom is -0.497 e. The van der Waals surface area contributed by atoms with Crippen LogP contribution in [0.3, 0.4) is 0 Å². The summed E-state index contributed by atoms with van der Waals surface area (Å²) < 4.78 is 5.23. The first-order valence-electron chi connectivity index (χ1n) is 8.84. The van der Waals surface area contributed by atoms with Gasteiger partial charge >= 0.3 is 0 Å². The van der Waals surface area contributed by atoms with Gasteiger partial charge in [0.1, 0.15) is 5.75 Å². The lowest BCUT2D eigenvalue weighted by molar-refractivity contribution is -0.125. The van der Waals surface area contributed by atoms with E-state index in [9.17, 15) is 4.79 Å². The van der Waals surface area contributed by atoms with E-state index in [1.807, 2.05) is 12.1 Å². The summed E-state index contributed by atoms with van der Waals surface area (Å²) in [5.41, 5.74) is 2.59. The van der Waals surface area contributed by atoms with Crippen LogP contribution in [0.4, 0.5) is 0 Å². The molecule has 4 rings (SSSR count). The van der Waals surface area contributed by atoms with Gasteiger partial charge < -0.3 is 4.74 Å². The van der Waals surface area contributed by atoms with Crippen molar-refractivity contribution in [2.75, 3.05) is 26.7 Å². The van der Waals surface area contributed by atoms with Crippen LogP contribution in [0.1, 0.15) is 32.3 Å². The molecule has 2 bridgehead atoms. The molecule has 0 N–H and O–H groups in total. The molecule has 4 heteroatoms. The second kappa shape index (κ2) is 7.49. The van der Waals surface area contributed by atoms with E-state index in [2.05, 4.69) is 41.9 Å². The third-order valence-corrected chi connectivity index (χ3v) is 5.18. The Hall–Kier alpha value is -1.65. The first-order chi connectivity index (χ1) is 11.6. The number of carbonyl (C=O) groups is 1. The van der Waals surface area contributed by atoms with Crippen molar-refractivity contribution in [2.45, 2.75) is 45.3 Å². The van der Waals surface area contributed by atoms with Gasteiger partial charge in [0.05, 0.1) is 13.2 Å². The maximum absolute atomic E-state index is 12.6. The van der Waals surface area contributed by atoms with Gasteiger partial charge in [-0.15, -0.1) is 0 Å². The van der Waals surface area contributed by atoms with Crippen molar-refractivity contribution in [3.63, 3.8) is 0 Å². The average Bonchev–Trinajstić information content (AvgIpc) is 2.82. The predicted molar refractivity (Wildman–Crippen MR) is 96.2 cm³/mol. The lowest BCUT2D eigenvalue weighted by atomic mass is 10.1. The lowest BCUT2D eigenvalue weighted by Crippen LogP contribution is -2.57. The molecule has 0 unspecified atom stereocenters. The maximum Gasteiger partial charge on any atom is 0.151 e. The Bertz CT molecular complexity index is 605. The van der Waals surface area contributed by atoms with Crippen LogP contribution in [0.25, 0.3) is 0 Å². The van der Waals surface area contributed by atoms with Crippen molar-refractivity contribution in [3.8, 4) is 5.75 Å². The molecule has 2 atom stereocenters. The molecule has 3 saturated heterocycles. The number of hydrogen-bond donors (Lipinski definition) is 0. The molecular formula is C20H28N2O2. The fraction of sp³-hybridized carbons (Fsp3) is 0.550. The molecule has 0 aliphatic carbocycles. The van der Waals surface area contributed by atoms with Gasteiger partial charge in [0.15, 0.2) is 5.78 Å². The highest BCUT2D eigenvalue weighted by Crippen LogP contribution is 2.27. The maximum atomic E-state index is 12.6. The fourth-order valence-electron chi connectivity index (χ4n) is 3.72. The monoisotopic (exact) mass is 328 g/mol. The summed E-state index contributed by atoms with van der Waals surface area (Å²) >= 11 is 0. The molecule has 3 fully saturated rings. The smallest absolute Gasteiger partial charge is 0.151 e. The van der Waals surface area contributed by atoms with Crippen molar-refractivity contribution in [1.82, 2.24) is 9.80 Å². The molecule has 0 saturated carbocycles. The molecule has 3 aliphatic heterocycles. The topological polar surface area (TPSA) is 32.8 Å². The van der Waals surface area contributed by atoms with Crippen molar-refractivity contribution in [2.24, 2.45) is 0 Å². The fourth-order valence-corrected chi connectivity index (χ4v) is 3.72. The number of methoxy groups -OCH3 is 1. The Morgan fingerprint density at radius 3 is 2.62 bits per heavy atom. The van der Waals surface area contributed by atoms with Crippen LogP contribution in [0.15, 0.2) is 35.9 Å². The van der Waals surface area contributed by atoms with E-state index in [4.69, 9.17) is 4.74 Å². The van der Waals surface area contributed by atoms with E-state index in [0.717, 1.165) is 44.8 Å². The van der Waals surface area contributed by atoms with Crippen LogP contribution < -0.4 is 4.74 Å². The van der Waals surface area contributed by atoms with Crippen molar-refractivity contribution >= 4 is 5.78 Å². The van der Waals surface area contributed by atoms with Gasteiger partial charge in [-0.25, -0.2) is 0 Å². The molecule has 3 heterocycles. The second-order valence-electron chi connectivity index (χ2n) is 7.19. The zero-order valence-electron chi connectivity index (χ0n) is 15.0. The second-order valence-corrected chi connectivity index (χ2v) is 7.19. The van der Waals surface area contributed by atoms with E-state index in [1.165, 1.54) is 11.1 Å². The third kappa shape index (κ3) is 3.87. The first-order valence-corrected chi connectivity index (χ1v) is 8.84. The summed E-state index contributed by atoms with van der Waals surface area (Å²) in [5, 5.41) is 0.